The summed E-state index contributed by atoms with van der Waals surface area (Å²) in [6.45, 7) is 9.06. The molecule has 4 nitrogen and oxygen atoms in total. The van der Waals surface area contributed by atoms with Crippen molar-refractivity contribution < 1.29 is 9.59 Å². The van der Waals surface area contributed by atoms with E-state index >= 15 is 0 Å². The number of nitrogens with one attached hydrogen (secondary N) is 2. The molecule has 2 amide bonds. The van der Waals surface area contributed by atoms with E-state index in [4.69, 9.17) is 0 Å². The molecule has 132 valence electrons. The Morgan fingerprint density at radius 3 is 2.08 bits per heavy atom. The molecule has 2 rings (SSSR count). The van der Waals surface area contributed by atoms with Crippen molar-refractivity contribution in [3.63, 3.8) is 0 Å². The monoisotopic (exact) mass is 338 g/mol. The minimum Gasteiger partial charge on any atom is -0.352 e. The third-order valence-electron chi connectivity index (χ3n) is 3.93. The minimum absolute atomic E-state index is 0.0721. The van der Waals surface area contributed by atoms with E-state index in [2.05, 4.69) is 31.4 Å². The molecule has 25 heavy (non-hydrogen) atoms. The third kappa shape index (κ3) is 5.18. The van der Waals surface area contributed by atoms with Gasteiger partial charge < -0.3 is 10.6 Å². The summed E-state index contributed by atoms with van der Waals surface area (Å²) in [7, 11) is 0. The van der Waals surface area contributed by atoms with Gasteiger partial charge in [-0.1, -0.05) is 45.9 Å². The molecule has 2 N–H and O–H groups in total. The van der Waals surface area contributed by atoms with Gasteiger partial charge in [-0.2, -0.15) is 0 Å². The van der Waals surface area contributed by atoms with Gasteiger partial charge in [0.2, 0.25) is 0 Å². The average Bonchev–Trinajstić information content (AvgIpc) is 2.59. The van der Waals surface area contributed by atoms with Crippen LogP contribution in [0.1, 0.15) is 60.4 Å². The fraction of sp³-hybridized carbons (Fsp3) is 0.333. The molecule has 0 radical (unpaired) electrons. The number of anilines is 1. The standard InChI is InChI=1S/C21H26N2O2/c1-5-13-22-19(24)15-7-6-8-16(14-15)20(25)23-18-11-9-17(10-12-18)21(2,3)4/h6-12,14H,5,13H2,1-4H3,(H,22,24)(H,23,25). The number of carbonyl (C=O) groups excluding carboxylic acids is 2. The zero-order valence-electron chi connectivity index (χ0n) is 15.3. The summed E-state index contributed by atoms with van der Waals surface area (Å²) in [5.41, 5.74) is 2.97. The van der Waals surface area contributed by atoms with Crippen LogP contribution in [0, 0.1) is 0 Å². The zero-order valence-corrected chi connectivity index (χ0v) is 15.3. The smallest absolute Gasteiger partial charge is 0.255 e. The third-order valence-corrected chi connectivity index (χ3v) is 3.93. The van der Waals surface area contributed by atoms with Crippen LogP contribution in [-0.4, -0.2) is 18.4 Å². The first-order valence-corrected chi connectivity index (χ1v) is 8.61. The van der Waals surface area contributed by atoms with Crippen molar-refractivity contribution in [2.24, 2.45) is 0 Å². The van der Waals surface area contributed by atoms with Crippen LogP contribution in [-0.2, 0) is 5.41 Å². The molecule has 0 aromatic heterocycles. The van der Waals surface area contributed by atoms with Crippen molar-refractivity contribution in [3.05, 3.63) is 65.2 Å². The molecule has 0 heterocycles. The van der Waals surface area contributed by atoms with Crippen LogP contribution >= 0.6 is 0 Å². The molecule has 0 atom stereocenters. The number of hydrogen-bond acceptors (Lipinski definition) is 2. The van der Waals surface area contributed by atoms with Crippen LogP contribution in [0.4, 0.5) is 5.69 Å². The number of carbonyl (C=O) groups is 2. The van der Waals surface area contributed by atoms with Crippen molar-refractivity contribution in [1.29, 1.82) is 0 Å². The van der Waals surface area contributed by atoms with Gasteiger partial charge in [0.1, 0.15) is 0 Å². The normalized spacial score (nSPS) is 11.0. The Balaban J connectivity index is 2.09. The fourth-order valence-corrected chi connectivity index (χ4v) is 2.40. The highest BCUT2D eigenvalue weighted by Gasteiger charge is 2.14. The maximum absolute atomic E-state index is 12.4. The second kappa shape index (κ2) is 7.97. The van der Waals surface area contributed by atoms with Crippen molar-refractivity contribution >= 4 is 17.5 Å². The van der Waals surface area contributed by atoms with Gasteiger partial charge >= 0.3 is 0 Å². The van der Waals surface area contributed by atoms with Crippen LogP contribution in [0.3, 0.4) is 0 Å². The van der Waals surface area contributed by atoms with E-state index in [-0.39, 0.29) is 17.2 Å². The van der Waals surface area contributed by atoms with Crippen molar-refractivity contribution in [3.8, 4) is 0 Å². The highest BCUT2D eigenvalue weighted by Crippen LogP contribution is 2.23. The van der Waals surface area contributed by atoms with E-state index in [1.54, 1.807) is 24.3 Å². The second-order valence-electron chi connectivity index (χ2n) is 7.12. The summed E-state index contributed by atoms with van der Waals surface area (Å²) in [6, 6.07) is 14.6. The summed E-state index contributed by atoms with van der Waals surface area (Å²) >= 11 is 0. The van der Waals surface area contributed by atoms with Crippen molar-refractivity contribution in [2.45, 2.75) is 39.5 Å². The number of rotatable bonds is 5. The molecule has 0 aliphatic carbocycles. The van der Waals surface area contributed by atoms with Gasteiger partial charge in [0.25, 0.3) is 11.8 Å². The molecule has 0 aliphatic heterocycles. The maximum atomic E-state index is 12.4. The predicted molar refractivity (Wildman–Crippen MR) is 102 cm³/mol. The lowest BCUT2D eigenvalue weighted by atomic mass is 9.87. The lowest BCUT2D eigenvalue weighted by molar-refractivity contribution is 0.0953. The van der Waals surface area contributed by atoms with Crippen LogP contribution < -0.4 is 10.6 Å². The molecule has 0 bridgehead atoms. The Hall–Kier alpha value is -2.62. The summed E-state index contributed by atoms with van der Waals surface area (Å²) in [5, 5.41) is 5.69. The van der Waals surface area contributed by atoms with Gasteiger partial charge in [0, 0.05) is 23.4 Å². The lowest BCUT2D eigenvalue weighted by Crippen LogP contribution is -2.24. The molecule has 4 heteroatoms. The van der Waals surface area contributed by atoms with Gasteiger partial charge in [0.05, 0.1) is 0 Å². The highest BCUT2D eigenvalue weighted by atomic mass is 16.2. The summed E-state index contributed by atoms with van der Waals surface area (Å²) in [5.74, 6) is -0.389. The Labute approximate surface area is 149 Å². The number of hydrogen-bond donors (Lipinski definition) is 2. The van der Waals surface area contributed by atoms with Crippen LogP contribution in [0.25, 0.3) is 0 Å². The van der Waals surface area contributed by atoms with Crippen LogP contribution in [0.15, 0.2) is 48.5 Å². The van der Waals surface area contributed by atoms with Gasteiger partial charge in [0.15, 0.2) is 0 Å². The van der Waals surface area contributed by atoms with Gasteiger partial charge in [-0.15, -0.1) is 0 Å². The Morgan fingerprint density at radius 2 is 1.52 bits per heavy atom. The van der Waals surface area contributed by atoms with E-state index in [0.717, 1.165) is 12.1 Å². The zero-order chi connectivity index (χ0) is 18.4. The summed E-state index contributed by atoms with van der Waals surface area (Å²) < 4.78 is 0. The number of benzene rings is 2. The van der Waals surface area contributed by atoms with E-state index in [1.165, 1.54) is 5.56 Å². The van der Waals surface area contributed by atoms with E-state index < -0.39 is 0 Å². The van der Waals surface area contributed by atoms with Gasteiger partial charge in [-0.25, -0.2) is 0 Å². The molecular formula is C21H26N2O2. The Morgan fingerprint density at radius 1 is 0.920 bits per heavy atom. The molecule has 0 fully saturated rings. The first-order chi connectivity index (χ1) is 11.8. The predicted octanol–water partition coefficient (Wildman–Crippen LogP) is 4.38. The Kier molecular flexibility index (Phi) is 5.97. The highest BCUT2D eigenvalue weighted by molar-refractivity contribution is 6.06. The quantitative estimate of drug-likeness (QED) is 0.850. The molecular weight excluding hydrogens is 312 g/mol. The molecule has 0 saturated carbocycles. The topological polar surface area (TPSA) is 58.2 Å². The SMILES string of the molecule is CCCNC(=O)c1cccc(C(=O)Nc2ccc(C(C)(C)C)cc2)c1. The summed E-state index contributed by atoms with van der Waals surface area (Å²) in [4.78, 5) is 24.5. The van der Waals surface area contributed by atoms with Crippen LogP contribution in [0.5, 0.6) is 0 Å². The second-order valence-corrected chi connectivity index (χ2v) is 7.12. The van der Waals surface area contributed by atoms with E-state index in [1.807, 2.05) is 31.2 Å². The van der Waals surface area contributed by atoms with Gasteiger partial charge in [-0.05, 0) is 47.7 Å². The van der Waals surface area contributed by atoms with Crippen molar-refractivity contribution in [1.82, 2.24) is 5.32 Å². The summed E-state index contributed by atoms with van der Waals surface area (Å²) in [6.07, 6.45) is 0.872. The first-order valence-electron chi connectivity index (χ1n) is 8.61. The van der Waals surface area contributed by atoms with Crippen LogP contribution in [0.2, 0.25) is 0 Å². The average molecular weight is 338 g/mol. The minimum atomic E-state index is -0.228. The largest absolute Gasteiger partial charge is 0.352 e. The molecule has 0 unspecified atom stereocenters. The number of amides is 2. The first kappa shape index (κ1) is 18.7. The molecule has 0 saturated heterocycles. The molecule has 0 spiro atoms. The van der Waals surface area contributed by atoms with E-state index in [0.29, 0.717) is 17.7 Å². The maximum Gasteiger partial charge on any atom is 0.255 e. The van der Waals surface area contributed by atoms with E-state index in [9.17, 15) is 9.59 Å². The molecule has 2 aromatic rings. The molecule has 0 aliphatic rings. The molecule has 2 aromatic carbocycles. The fourth-order valence-electron chi connectivity index (χ4n) is 2.40. The lowest BCUT2D eigenvalue weighted by Gasteiger charge is -2.19. The van der Waals surface area contributed by atoms with Crippen molar-refractivity contribution in [2.75, 3.05) is 11.9 Å². The van der Waals surface area contributed by atoms with Gasteiger partial charge in [-0.3, -0.25) is 9.59 Å². The Bertz CT molecular complexity index is 743.